The Morgan fingerprint density at radius 2 is 2.06 bits per heavy atom. The second-order valence-corrected chi connectivity index (χ2v) is 9.49. The summed E-state index contributed by atoms with van der Waals surface area (Å²) < 4.78 is 27.8. The fourth-order valence-corrected chi connectivity index (χ4v) is 5.84. The molecular weight excluding hydrogens is 444 g/mol. The summed E-state index contributed by atoms with van der Waals surface area (Å²) in [5, 5.41) is 15.2. The SMILES string of the molecule is N#C[C@H](C[C@@H]1CCNC1=O)NC(=O)C1C2CCCC2CN1C(=O)c1cc2c(F)cc(F)cc2[nH]1. The highest BCUT2D eigenvalue weighted by Gasteiger charge is 2.50. The van der Waals surface area contributed by atoms with Crippen LogP contribution in [0.3, 0.4) is 0 Å². The molecule has 3 amide bonds. The number of aromatic nitrogens is 1. The maximum absolute atomic E-state index is 14.2. The van der Waals surface area contributed by atoms with E-state index in [1.165, 1.54) is 11.0 Å². The Labute approximate surface area is 194 Å². The predicted molar refractivity (Wildman–Crippen MR) is 117 cm³/mol. The topological polar surface area (TPSA) is 118 Å². The van der Waals surface area contributed by atoms with Crippen molar-refractivity contribution in [2.24, 2.45) is 17.8 Å². The lowest BCUT2D eigenvalue weighted by Gasteiger charge is -2.28. The van der Waals surface area contributed by atoms with Crippen molar-refractivity contribution in [1.29, 1.82) is 5.26 Å². The van der Waals surface area contributed by atoms with Gasteiger partial charge in [-0.1, -0.05) is 6.42 Å². The van der Waals surface area contributed by atoms with Gasteiger partial charge in [-0.15, -0.1) is 0 Å². The molecule has 0 radical (unpaired) electrons. The molecule has 3 heterocycles. The summed E-state index contributed by atoms with van der Waals surface area (Å²) in [6, 6.07) is 3.68. The monoisotopic (exact) mass is 469 g/mol. The second kappa shape index (κ2) is 8.70. The number of amides is 3. The summed E-state index contributed by atoms with van der Waals surface area (Å²) in [6.45, 7) is 0.940. The third-order valence-electron chi connectivity index (χ3n) is 7.46. The average molecular weight is 469 g/mol. The molecule has 2 saturated heterocycles. The van der Waals surface area contributed by atoms with Crippen molar-refractivity contribution in [2.75, 3.05) is 13.1 Å². The van der Waals surface area contributed by atoms with E-state index in [4.69, 9.17) is 0 Å². The number of nitrogens with zero attached hydrogens (tertiary/aromatic N) is 2. The highest BCUT2D eigenvalue weighted by Crippen LogP contribution is 2.43. The van der Waals surface area contributed by atoms with Crippen LogP contribution in [0.15, 0.2) is 18.2 Å². The van der Waals surface area contributed by atoms with Crippen LogP contribution in [-0.2, 0) is 9.59 Å². The van der Waals surface area contributed by atoms with E-state index in [0.29, 0.717) is 19.5 Å². The van der Waals surface area contributed by atoms with Gasteiger partial charge in [0.15, 0.2) is 0 Å². The van der Waals surface area contributed by atoms with Crippen LogP contribution >= 0.6 is 0 Å². The Bertz CT molecular complexity index is 1210. The smallest absolute Gasteiger partial charge is 0.271 e. The summed E-state index contributed by atoms with van der Waals surface area (Å²) in [4.78, 5) is 42.9. The molecule has 3 aliphatic rings. The Morgan fingerprint density at radius 3 is 2.79 bits per heavy atom. The number of aromatic amines is 1. The third-order valence-corrected chi connectivity index (χ3v) is 7.46. The van der Waals surface area contributed by atoms with E-state index in [1.54, 1.807) is 0 Å². The zero-order valence-corrected chi connectivity index (χ0v) is 18.4. The number of hydrogen-bond donors (Lipinski definition) is 3. The molecule has 1 aliphatic carbocycles. The summed E-state index contributed by atoms with van der Waals surface area (Å²) in [6.07, 6.45) is 3.48. The van der Waals surface area contributed by atoms with Gasteiger partial charge in [0.25, 0.3) is 5.91 Å². The van der Waals surface area contributed by atoms with Gasteiger partial charge in [0.1, 0.15) is 29.4 Å². The molecule has 0 bridgehead atoms. The number of benzene rings is 1. The quantitative estimate of drug-likeness (QED) is 0.622. The molecule has 3 N–H and O–H groups in total. The minimum atomic E-state index is -0.844. The molecule has 5 atom stereocenters. The summed E-state index contributed by atoms with van der Waals surface area (Å²) in [5.41, 5.74) is 0.248. The van der Waals surface area contributed by atoms with Crippen molar-refractivity contribution in [3.63, 3.8) is 0 Å². The molecule has 1 aromatic heterocycles. The van der Waals surface area contributed by atoms with Gasteiger partial charge in [0.2, 0.25) is 11.8 Å². The van der Waals surface area contributed by atoms with Crippen molar-refractivity contribution in [3.05, 3.63) is 35.5 Å². The highest BCUT2D eigenvalue weighted by atomic mass is 19.1. The van der Waals surface area contributed by atoms with Crippen molar-refractivity contribution in [3.8, 4) is 6.07 Å². The molecule has 3 unspecified atom stereocenters. The molecule has 2 aliphatic heterocycles. The number of fused-ring (bicyclic) bond motifs is 2. The van der Waals surface area contributed by atoms with Gasteiger partial charge in [-0.3, -0.25) is 14.4 Å². The normalized spacial score (nSPS) is 26.9. The van der Waals surface area contributed by atoms with Crippen LogP contribution in [-0.4, -0.2) is 52.8 Å². The van der Waals surface area contributed by atoms with Crippen LogP contribution in [0.1, 0.15) is 42.6 Å². The minimum absolute atomic E-state index is 0.0309. The Kier molecular flexibility index (Phi) is 5.71. The van der Waals surface area contributed by atoms with Crippen LogP contribution in [0.25, 0.3) is 10.9 Å². The first-order valence-electron chi connectivity index (χ1n) is 11.6. The van der Waals surface area contributed by atoms with Gasteiger partial charge >= 0.3 is 0 Å². The Balaban J connectivity index is 1.38. The molecule has 3 fully saturated rings. The van der Waals surface area contributed by atoms with Crippen molar-refractivity contribution >= 4 is 28.6 Å². The maximum atomic E-state index is 14.2. The molecule has 10 heteroatoms. The Morgan fingerprint density at radius 1 is 1.24 bits per heavy atom. The lowest BCUT2D eigenvalue weighted by Crippen LogP contribution is -2.51. The van der Waals surface area contributed by atoms with Gasteiger partial charge < -0.3 is 20.5 Å². The number of carbonyl (C=O) groups excluding carboxylic acids is 3. The summed E-state index contributed by atoms with van der Waals surface area (Å²) in [5.74, 6) is -2.72. The molecular formula is C24H25F2N5O3. The first-order chi connectivity index (χ1) is 16.4. The van der Waals surface area contributed by atoms with Gasteiger partial charge in [-0.05, 0) is 49.7 Å². The summed E-state index contributed by atoms with van der Waals surface area (Å²) >= 11 is 0. The fourth-order valence-electron chi connectivity index (χ4n) is 5.84. The van der Waals surface area contributed by atoms with Crippen LogP contribution in [0.2, 0.25) is 0 Å². The average Bonchev–Trinajstić information content (AvgIpc) is 3.56. The van der Waals surface area contributed by atoms with Gasteiger partial charge in [0, 0.05) is 30.5 Å². The fraction of sp³-hybridized carbons (Fsp3) is 0.500. The molecule has 5 rings (SSSR count). The largest absolute Gasteiger partial charge is 0.356 e. The summed E-state index contributed by atoms with van der Waals surface area (Å²) in [7, 11) is 0. The van der Waals surface area contributed by atoms with Crippen molar-refractivity contribution < 1.29 is 23.2 Å². The van der Waals surface area contributed by atoms with Crippen LogP contribution in [0, 0.1) is 40.7 Å². The number of likely N-dealkylation sites (tertiary alicyclic amines) is 1. The zero-order chi connectivity index (χ0) is 24.0. The standard InChI is InChI=1S/C24H25F2N5O3/c25-14-7-18(26)17-9-20(30-19(17)8-14)24(34)31-11-13-2-1-3-16(13)21(31)23(33)29-15(10-27)6-12-4-5-28-22(12)32/h7-9,12-13,15-16,21,30H,1-6,11H2,(H,28,32)(H,29,33)/t12-,13?,15-,16?,21?/m0/s1. The van der Waals surface area contributed by atoms with E-state index in [9.17, 15) is 28.4 Å². The van der Waals surface area contributed by atoms with Gasteiger partial charge in [-0.2, -0.15) is 5.26 Å². The van der Waals surface area contributed by atoms with Crippen LogP contribution in [0.5, 0.6) is 0 Å². The van der Waals surface area contributed by atoms with E-state index in [2.05, 4.69) is 21.7 Å². The number of rotatable bonds is 5. The Hall–Kier alpha value is -3.48. The maximum Gasteiger partial charge on any atom is 0.271 e. The lowest BCUT2D eigenvalue weighted by molar-refractivity contribution is -0.127. The van der Waals surface area contributed by atoms with Crippen LogP contribution in [0.4, 0.5) is 8.78 Å². The number of halogens is 2. The predicted octanol–water partition coefficient (Wildman–Crippen LogP) is 2.22. The third kappa shape index (κ3) is 3.89. The lowest BCUT2D eigenvalue weighted by atomic mass is 9.92. The molecule has 2 aromatic rings. The van der Waals surface area contributed by atoms with Gasteiger partial charge in [-0.25, -0.2) is 8.78 Å². The first-order valence-corrected chi connectivity index (χ1v) is 11.6. The highest BCUT2D eigenvalue weighted by molar-refractivity contribution is 6.01. The second-order valence-electron chi connectivity index (χ2n) is 9.49. The molecule has 34 heavy (non-hydrogen) atoms. The number of carbonyl (C=O) groups is 3. The van der Waals surface area contributed by atoms with E-state index in [1.807, 2.05) is 0 Å². The number of nitrogens with one attached hydrogen (secondary N) is 3. The molecule has 1 saturated carbocycles. The molecule has 178 valence electrons. The molecule has 0 spiro atoms. The number of nitriles is 1. The minimum Gasteiger partial charge on any atom is -0.356 e. The van der Waals surface area contributed by atoms with Crippen molar-refractivity contribution in [2.45, 2.75) is 44.2 Å². The number of hydrogen-bond acceptors (Lipinski definition) is 4. The zero-order valence-electron chi connectivity index (χ0n) is 18.4. The van der Waals surface area contributed by atoms with E-state index >= 15 is 0 Å². The molecule has 8 nitrogen and oxygen atoms in total. The number of H-pyrrole nitrogens is 1. The first kappa shape index (κ1) is 22.3. The van der Waals surface area contributed by atoms with Crippen LogP contribution < -0.4 is 10.6 Å². The van der Waals surface area contributed by atoms with E-state index in [0.717, 1.165) is 31.4 Å². The molecule has 1 aromatic carbocycles. The van der Waals surface area contributed by atoms with E-state index < -0.39 is 35.5 Å². The van der Waals surface area contributed by atoms with Crippen molar-refractivity contribution in [1.82, 2.24) is 20.5 Å². The van der Waals surface area contributed by atoms with E-state index in [-0.39, 0.29) is 46.7 Å². The van der Waals surface area contributed by atoms with Gasteiger partial charge in [0.05, 0.1) is 11.6 Å².